The lowest BCUT2D eigenvalue weighted by atomic mass is 10.2. The predicted molar refractivity (Wildman–Crippen MR) is 67.6 cm³/mol. The van der Waals surface area contributed by atoms with Crippen molar-refractivity contribution in [2.75, 3.05) is 7.05 Å². The second-order valence-electron chi connectivity index (χ2n) is 3.78. The van der Waals surface area contributed by atoms with Crippen LogP contribution in [0.1, 0.15) is 24.2 Å². The van der Waals surface area contributed by atoms with Gasteiger partial charge in [-0.25, -0.2) is 4.98 Å². The first kappa shape index (κ1) is 11.2. The SMILES string of the molecule is CNC(C)c1csc(-c2ccncc2C)n1. The molecule has 0 aliphatic rings. The highest BCUT2D eigenvalue weighted by molar-refractivity contribution is 7.13. The summed E-state index contributed by atoms with van der Waals surface area (Å²) in [5.74, 6) is 0. The van der Waals surface area contributed by atoms with Crippen molar-refractivity contribution >= 4 is 11.3 Å². The van der Waals surface area contributed by atoms with Gasteiger partial charge in [-0.3, -0.25) is 4.98 Å². The predicted octanol–water partition coefficient (Wildman–Crippen LogP) is 2.79. The molecule has 2 heterocycles. The Balaban J connectivity index is 2.35. The van der Waals surface area contributed by atoms with Gasteiger partial charge in [-0.15, -0.1) is 11.3 Å². The quantitative estimate of drug-likeness (QED) is 0.885. The van der Waals surface area contributed by atoms with Crippen molar-refractivity contribution in [3.05, 3.63) is 35.1 Å². The van der Waals surface area contributed by atoms with E-state index in [1.54, 1.807) is 11.3 Å². The van der Waals surface area contributed by atoms with Gasteiger partial charge in [-0.05, 0) is 32.5 Å². The largest absolute Gasteiger partial charge is 0.312 e. The first-order valence-electron chi connectivity index (χ1n) is 5.26. The van der Waals surface area contributed by atoms with Crippen LogP contribution in [0.15, 0.2) is 23.8 Å². The Hall–Kier alpha value is -1.26. The van der Waals surface area contributed by atoms with Gasteiger partial charge >= 0.3 is 0 Å². The van der Waals surface area contributed by atoms with Crippen LogP contribution >= 0.6 is 11.3 Å². The second kappa shape index (κ2) is 4.72. The molecule has 0 bridgehead atoms. The van der Waals surface area contributed by atoms with E-state index in [2.05, 4.69) is 34.5 Å². The zero-order valence-electron chi connectivity index (χ0n) is 9.69. The van der Waals surface area contributed by atoms with Crippen molar-refractivity contribution < 1.29 is 0 Å². The Kier molecular flexibility index (Phi) is 3.31. The molecule has 1 unspecified atom stereocenters. The lowest BCUT2D eigenvalue weighted by molar-refractivity contribution is 0.637. The lowest BCUT2D eigenvalue weighted by Gasteiger charge is -2.05. The Labute approximate surface area is 99.6 Å². The molecule has 0 radical (unpaired) electrons. The number of hydrogen-bond donors (Lipinski definition) is 1. The molecule has 0 saturated heterocycles. The number of nitrogens with zero attached hydrogens (tertiary/aromatic N) is 2. The van der Waals surface area contributed by atoms with Gasteiger partial charge in [0.05, 0.1) is 5.69 Å². The maximum atomic E-state index is 4.64. The minimum atomic E-state index is 0.298. The van der Waals surface area contributed by atoms with Gasteiger partial charge in [0.2, 0.25) is 0 Å². The summed E-state index contributed by atoms with van der Waals surface area (Å²) in [6.45, 7) is 4.17. The van der Waals surface area contributed by atoms with E-state index in [-0.39, 0.29) is 0 Å². The topological polar surface area (TPSA) is 37.8 Å². The molecule has 16 heavy (non-hydrogen) atoms. The summed E-state index contributed by atoms with van der Waals surface area (Å²) in [5, 5.41) is 6.37. The zero-order valence-corrected chi connectivity index (χ0v) is 10.5. The average Bonchev–Trinajstić information content (AvgIpc) is 2.78. The highest BCUT2D eigenvalue weighted by Crippen LogP contribution is 2.27. The number of rotatable bonds is 3. The van der Waals surface area contributed by atoms with Gasteiger partial charge in [0, 0.05) is 29.4 Å². The summed E-state index contributed by atoms with van der Waals surface area (Å²) in [4.78, 5) is 8.73. The Bertz CT molecular complexity index is 479. The molecular formula is C12H15N3S. The van der Waals surface area contributed by atoms with Crippen LogP contribution in [0.2, 0.25) is 0 Å². The van der Waals surface area contributed by atoms with Crippen LogP contribution in [0.5, 0.6) is 0 Å². The van der Waals surface area contributed by atoms with E-state index >= 15 is 0 Å². The van der Waals surface area contributed by atoms with E-state index in [1.165, 1.54) is 11.1 Å². The summed E-state index contributed by atoms with van der Waals surface area (Å²) < 4.78 is 0. The molecule has 0 fully saturated rings. The molecule has 2 aromatic heterocycles. The fraction of sp³-hybridized carbons (Fsp3) is 0.333. The second-order valence-corrected chi connectivity index (χ2v) is 4.64. The van der Waals surface area contributed by atoms with E-state index in [9.17, 15) is 0 Å². The van der Waals surface area contributed by atoms with Crippen LogP contribution in [0.25, 0.3) is 10.6 Å². The van der Waals surface area contributed by atoms with Gasteiger partial charge in [-0.2, -0.15) is 0 Å². The molecule has 0 saturated carbocycles. The van der Waals surface area contributed by atoms with Crippen LogP contribution in [0, 0.1) is 6.92 Å². The molecule has 2 rings (SSSR count). The van der Waals surface area contributed by atoms with Crippen molar-refractivity contribution in [1.29, 1.82) is 0 Å². The summed E-state index contributed by atoms with van der Waals surface area (Å²) in [5.41, 5.74) is 3.44. The Morgan fingerprint density at radius 3 is 2.94 bits per heavy atom. The summed E-state index contributed by atoms with van der Waals surface area (Å²) in [6.07, 6.45) is 3.68. The van der Waals surface area contributed by atoms with Gasteiger partial charge in [-0.1, -0.05) is 0 Å². The maximum absolute atomic E-state index is 4.64. The Morgan fingerprint density at radius 1 is 1.44 bits per heavy atom. The fourth-order valence-corrected chi connectivity index (χ4v) is 2.47. The highest BCUT2D eigenvalue weighted by Gasteiger charge is 2.10. The number of aryl methyl sites for hydroxylation is 1. The van der Waals surface area contributed by atoms with Crippen LogP contribution < -0.4 is 5.32 Å². The molecule has 0 aliphatic carbocycles. The third kappa shape index (κ3) is 2.13. The van der Waals surface area contributed by atoms with Crippen LogP contribution in [-0.4, -0.2) is 17.0 Å². The first-order chi connectivity index (χ1) is 7.72. The zero-order chi connectivity index (χ0) is 11.5. The lowest BCUT2D eigenvalue weighted by Crippen LogP contribution is -2.12. The van der Waals surface area contributed by atoms with E-state index in [4.69, 9.17) is 0 Å². The van der Waals surface area contributed by atoms with E-state index in [0.29, 0.717) is 6.04 Å². The summed E-state index contributed by atoms with van der Waals surface area (Å²) in [6, 6.07) is 2.31. The normalized spacial score (nSPS) is 12.7. The molecule has 4 heteroatoms. The number of hydrogen-bond acceptors (Lipinski definition) is 4. The van der Waals surface area contributed by atoms with Gasteiger partial charge < -0.3 is 5.32 Å². The van der Waals surface area contributed by atoms with Crippen LogP contribution in [0.3, 0.4) is 0 Å². The van der Waals surface area contributed by atoms with Gasteiger partial charge in [0.1, 0.15) is 5.01 Å². The van der Waals surface area contributed by atoms with Crippen molar-refractivity contribution in [1.82, 2.24) is 15.3 Å². The number of thiazole rings is 1. The molecular weight excluding hydrogens is 218 g/mol. The van der Waals surface area contributed by atoms with Gasteiger partial charge in [0.25, 0.3) is 0 Å². The molecule has 0 aliphatic heterocycles. The minimum absolute atomic E-state index is 0.298. The number of pyridine rings is 1. The van der Waals surface area contributed by atoms with Crippen LogP contribution in [-0.2, 0) is 0 Å². The van der Waals surface area contributed by atoms with Gasteiger partial charge in [0.15, 0.2) is 0 Å². The first-order valence-corrected chi connectivity index (χ1v) is 6.14. The Morgan fingerprint density at radius 2 is 2.25 bits per heavy atom. The van der Waals surface area contributed by atoms with Crippen molar-refractivity contribution in [2.24, 2.45) is 0 Å². The average molecular weight is 233 g/mol. The maximum Gasteiger partial charge on any atom is 0.124 e. The third-order valence-electron chi connectivity index (χ3n) is 2.65. The number of nitrogens with one attached hydrogen (secondary N) is 1. The molecule has 1 atom stereocenters. The monoisotopic (exact) mass is 233 g/mol. The summed E-state index contributed by atoms with van der Waals surface area (Å²) in [7, 11) is 1.95. The fourth-order valence-electron chi connectivity index (χ4n) is 1.47. The number of aromatic nitrogens is 2. The third-order valence-corrected chi connectivity index (χ3v) is 3.54. The highest BCUT2D eigenvalue weighted by atomic mass is 32.1. The summed E-state index contributed by atoms with van der Waals surface area (Å²) >= 11 is 1.68. The molecule has 1 N–H and O–H groups in total. The van der Waals surface area contributed by atoms with E-state index in [1.807, 2.05) is 25.5 Å². The van der Waals surface area contributed by atoms with E-state index < -0.39 is 0 Å². The molecule has 0 spiro atoms. The molecule has 0 amide bonds. The van der Waals surface area contributed by atoms with E-state index in [0.717, 1.165) is 10.7 Å². The van der Waals surface area contributed by atoms with Crippen molar-refractivity contribution in [3.8, 4) is 10.6 Å². The standard InChI is InChI=1S/C12H15N3S/c1-8-6-14-5-4-10(8)12-15-11(7-16-12)9(2)13-3/h4-7,9,13H,1-3H3. The minimum Gasteiger partial charge on any atom is -0.312 e. The molecule has 0 aromatic carbocycles. The van der Waals surface area contributed by atoms with Crippen LogP contribution in [0.4, 0.5) is 0 Å². The smallest absolute Gasteiger partial charge is 0.124 e. The van der Waals surface area contributed by atoms with Crippen molar-refractivity contribution in [2.45, 2.75) is 19.9 Å². The van der Waals surface area contributed by atoms with Crippen molar-refractivity contribution in [3.63, 3.8) is 0 Å². The molecule has 84 valence electrons. The molecule has 2 aromatic rings. The molecule has 3 nitrogen and oxygen atoms in total.